The van der Waals surface area contributed by atoms with Crippen LogP contribution >= 0.6 is 0 Å². The summed E-state index contributed by atoms with van der Waals surface area (Å²) in [6, 6.07) is 11.3. The summed E-state index contributed by atoms with van der Waals surface area (Å²) in [7, 11) is 0. The van der Waals surface area contributed by atoms with Crippen LogP contribution in [0.15, 0.2) is 41.7 Å². The Kier molecular flexibility index (Phi) is 4.35. The van der Waals surface area contributed by atoms with Gasteiger partial charge >= 0.3 is 0 Å². The number of fused-ring (bicyclic) bond motifs is 4. The van der Waals surface area contributed by atoms with E-state index in [1.807, 2.05) is 36.4 Å². The average molecular weight is 318 g/mol. The standard InChI is InChI=1S/C16H18N2O5/c17-8-11-7-16(18-22-9-10-4-2-1-3-5-10)14(20)12(19)6-13(11)23-15(16)21/h1-5,12,14-15,18-21H,6-7,9H2/t12-,14+,15+,16?/m0/s1. The van der Waals surface area contributed by atoms with Crippen LogP contribution in [0.25, 0.3) is 0 Å². The molecule has 1 unspecified atom stereocenters. The molecule has 4 rings (SSSR count). The second-order valence-electron chi connectivity index (χ2n) is 5.79. The fourth-order valence-corrected chi connectivity index (χ4v) is 2.93. The molecule has 0 amide bonds. The summed E-state index contributed by atoms with van der Waals surface area (Å²) in [5.74, 6) is 0.213. The molecule has 2 aliphatic heterocycles. The first-order valence-corrected chi connectivity index (χ1v) is 7.32. The first kappa shape index (κ1) is 15.9. The zero-order chi connectivity index (χ0) is 16.4. The van der Waals surface area contributed by atoms with Gasteiger partial charge in [-0.25, -0.2) is 0 Å². The van der Waals surface area contributed by atoms with E-state index in [1.54, 1.807) is 0 Å². The summed E-state index contributed by atoms with van der Waals surface area (Å²) in [6.07, 6.45) is -3.97. The number of hydroxylamine groups is 1. The molecule has 1 saturated heterocycles. The highest BCUT2D eigenvalue weighted by molar-refractivity contribution is 5.34. The Morgan fingerprint density at radius 2 is 2.04 bits per heavy atom. The lowest BCUT2D eigenvalue weighted by Gasteiger charge is -2.41. The van der Waals surface area contributed by atoms with Crippen molar-refractivity contribution >= 4 is 0 Å². The fraction of sp³-hybridized carbons (Fsp3) is 0.438. The van der Waals surface area contributed by atoms with Gasteiger partial charge in [0.2, 0.25) is 6.29 Å². The third-order valence-corrected chi connectivity index (χ3v) is 4.27. The maximum absolute atomic E-state index is 10.4. The molecule has 1 fully saturated rings. The lowest BCUT2D eigenvalue weighted by Crippen LogP contribution is -2.65. The van der Waals surface area contributed by atoms with E-state index >= 15 is 0 Å². The number of nitrogens with one attached hydrogen (secondary N) is 1. The molecule has 4 atom stereocenters. The molecule has 1 aromatic rings. The summed E-state index contributed by atoms with van der Waals surface area (Å²) < 4.78 is 5.31. The van der Waals surface area contributed by atoms with Crippen molar-refractivity contribution in [3.8, 4) is 6.07 Å². The molecule has 0 aromatic heterocycles. The van der Waals surface area contributed by atoms with Crippen molar-refractivity contribution in [2.45, 2.75) is 43.5 Å². The summed E-state index contributed by atoms with van der Waals surface area (Å²) in [5, 5.41) is 39.9. The van der Waals surface area contributed by atoms with Crippen molar-refractivity contribution < 1.29 is 24.9 Å². The van der Waals surface area contributed by atoms with Crippen molar-refractivity contribution in [3.05, 3.63) is 47.2 Å². The van der Waals surface area contributed by atoms with Crippen molar-refractivity contribution in [1.82, 2.24) is 5.48 Å². The predicted molar refractivity (Wildman–Crippen MR) is 78.1 cm³/mol. The Hall–Kier alpha value is -1.95. The second-order valence-corrected chi connectivity index (χ2v) is 5.79. The lowest BCUT2D eigenvalue weighted by molar-refractivity contribution is -0.212. The number of rotatable bonds is 4. The van der Waals surface area contributed by atoms with Gasteiger partial charge in [-0.05, 0) is 5.56 Å². The molecule has 7 nitrogen and oxygen atoms in total. The molecule has 4 N–H and O–H groups in total. The molecule has 2 bridgehead atoms. The predicted octanol–water partition coefficient (Wildman–Crippen LogP) is 0.0885. The number of hydrogen-bond donors (Lipinski definition) is 4. The number of ether oxygens (including phenoxy) is 1. The normalized spacial score (nSPS) is 33.0. The lowest BCUT2D eigenvalue weighted by atomic mass is 9.84. The monoisotopic (exact) mass is 318 g/mol. The highest BCUT2D eigenvalue weighted by Gasteiger charge is 2.56. The van der Waals surface area contributed by atoms with Gasteiger partial charge in [0.05, 0.1) is 24.4 Å². The smallest absolute Gasteiger partial charge is 0.220 e. The van der Waals surface area contributed by atoms with Crippen molar-refractivity contribution in [1.29, 1.82) is 5.26 Å². The molecular weight excluding hydrogens is 300 g/mol. The van der Waals surface area contributed by atoms with Crippen LogP contribution < -0.4 is 5.48 Å². The number of benzene rings is 1. The van der Waals surface area contributed by atoms with E-state index < -0.39 is 24.0 Å². The van der Waals surface area contributed by atoms with Gasteiger partial charge in [0, 0.05) is 12.8 Å². The van der Waals surface area contributed by atoms with Crippen LogP contribution in [0.3, 0.4) is 0 Å². The van der Waals surface area contributed by atoms with Crippen LogP contribution in [-0.2, 0) is 16.2 Å². The first-order chi connectivity index (χ1) is 11.1. The molecular formula is C16H18N2O5. The van der Waals surface area contributed by atoms with Crippen LogP contribution in [0.1, 0.15) is 18.4 Å². The van der Waals surface area contributed by atoms with Gasteiger partial charge < -0.3 is 20.1 Å². The highest BCUT2D eigenvalue weighted by atomic mass is 16.7. The Balaban J connectivity index is 1.79. The molecule has 0 saturated carbocycles. The number of aliphatic hydroxyl groups is 3. The summed E-state index contributed by atoms with van der Waals surface area (Å²) in [6.45, 7) is 0.191. The van der Waals surface area contributed by atoms with E-state index in [9.17, 15) is 20.6 Å². The van der Waals surface area contributed by atoms with Crippen LogP contribution in [0.2, 0.25) is 0 Å². The molecule has 122 valence electrons. The van der Waals surface area contributed by atoms with E-state index in [-0.39, 0.29) is 30.8 Å². The molecule has 1 aromatic carbocycles. The van der Waals surface area contributed by atoms with E-state index in [2.05, 4.69) is 5.48 Å². The van der Waals surface area contributed by atoms with Crippen LogP contribution in [0.4, 0.5) is 0 Å². The average Bonchev–Trinajstić information content (AvgIpc) is 2.71. The Morgan fingerprint density at radius 1 is 1.30 bits per heavy atom. The van der Waals surface area contributed by atoms with E-state index in [0.29, 0.717) is 0 Å². The maximum Gasteiger partial charge on any atom is 0.220 e. The Morgan fingerprint density at radius 3 is 2.74 bits per heavy atom. The molecule has 7 heteroatoms. The van der Waals surface area contributed by atoms with Gasteiger partial charge in [-0.1, -0.05) is 30.3 Å². The number of nitriles is 1. The molecule has 3 aliphatic rings. The SMILES string of the molecule is N#CC1=C2C[C@H](O)[C@@H](O)C(NOCc3ccccc3)(C1)[C@H](O)O2. The Bertz CT molecular complexity index is 642. The summed E-state index contributed by atoms with van der Waals surface area (Å²) in [4.78, 5) is 5.42. The van der Waals surface area contributed by atoms with Gasteiger partial charge in [-0.2, -0.15) is 10.7 Å². The van der Waals surface area contributed by atoms with Crippen LogP contribution in [0, 0.1) is 11.3 Å². The first-order valence-electron chi connectivity index (χ1n) is 7.32. The highest BCUT2D eigenvalue weighted by Crippen LogP contribution is 2.40. The maximum atomic E-state index is 10.4. The van der Waals surface area contributed by atoms with Gasteiger partial charge in [0.25, 0.3) is 0 Å². The molecule has 0 spiro atoms. The van der Waals surface area contributed by atoms with Gasteiger partial charge in [0.15, 0.2) is 0 Å². The largest absolute Gasteiger partial charge is 0.466 e. The number of aliphatic hydroxyl groups excluding tert-OH is 3. The molecule has 1 aliphatic carbocycles. The van der Waals surface area contributed by atoms with E-state index in [0.717, 1.165) is 5.56 Å². The van der Waals surface area contributed by atoms with Gasteiger partial charge in [0.1, 0.15) is 17.4 Å². The second kappa shape index (κ2) is 6.28. The fourth-order valence-electron chi connectivity index (χ4n) is 2.93. The third kappa shape index (κ3) is 2.83. The van der Waals surface area contributed by atoms with Crippen molar-refractivity contribution in [2.75, 3.05) is 0 Å². The molecule has 0 radical (unpaired) electrons. The van der Waals surface area contributed by atoms with Crippen LogP contribution in [-0.4, -0.2) is 39.4 Å². The minimum absolute atomic E-state index is 0.00696. The van der Waals surface area contributed by atoms with Gasteiger partial charge in [-0.3, -0.25) is 4.84 Å². The zero-order valence-electron chi connectivity index (χ0n) is 12.3. The van der Waals surface area contributed by atoms with Crippen molar-refractivity contribution in [3.63, 3.8) is 0 Å². The summed E-state index contributed by atoms with van der Waals surface area (Å²) >= 11 is 0. The minimum Gasteiger partial charge on any atom is -0.466 e. The van der Waals surface area contributed by atoms with E-state index in [4.69, 9.17) is 9.57 Å². The van der Waals surface area contributed by atoms with Crippen LogP contribution in [0.5, 0.6) is 0 Å². The summed E-state index contributed by atoms with van der Waals surface area (Å²) in [5.41, 5.74) is 2.31. The molecule has 23 heavy (non-hydrogen) atoms. The third-order valence-electron chi connectivity index (χ3n) is 4.27. The van der Waals surface area contributed by atoms with Gasteiger partial charge in [-0.15, -0.1) is 0 Å². The Labute approximate surface area is 133 Å². The molecule has 2 heterocycles. The topological polar surface area (TPSA) is 115 Å². The minimum atomic E-state index is -1.50. The zero-order valence-corrected chi connectivity index (χ0v) is 12.3. The number of nitrogens with zero attached hydrogens (tertiary/aromatic N) is 1. The quantitative estimate of drug-likeness (QED) is 0.582. The van der Waals surface area contributed by atoms with Crippen molar-refractivity contribution in [2.24, 2.45) is 0 Å². The number of hydrogen-bond acceptors (Lipinski definition) is 7. The van der Waals surface area contributed by atoms with E-state index in [1.165, 1.54) is 0 Å².